The van der Waals surface area contributed by atoms with E-state index in [0.29, 0.717) is 17.9 Å². The van der Waals surface area contributed by atoms with Crippen LogP contribution in [0.5, 0.6) is 0 Å². The van der Waals surface area contributed by atoms with Crippen molar-refractivity contribution in [3.05, 3.63) is 29.8 Å². The predicted molar refractivity (Wildman–Crippen MR) is 74.6 cm³/mol. The maximum Gasteiger partial charge on any atom is 0.338 e. The summed E-state index contributed by atoms with van der Waals surface area (Å²) >= 11 is 0. The molecule has 0 aliphatic carbocycles. The van der Waals surface area contributed by atoms with Crippen LogP contribution in [-0.2, 0) is 14.8 Å². The van der Waals surface area contributed by atoms with Crippen LogP contribution in [0.25, 0.3) is 0 Å². The second kappa shape index (κ2) is 6.91. The molecule has 0 spiro atoms. The van der Waals surface area contributed by atoms with Gasteiger partial charge in [0.1, 0.15) is 0 Å². The van der Waals surface area contributed by atoms with Crippen LogP contribution in [-0.4, -0.2) is 26.2 Å². The fourth-order valence-corrected chi connectivity index (χ4v) is 2.05. The van der Waals surface area contributed by atoms with E-state index in [2.05, 4.69) is 4.72 Å². The summed E-state index contributed by atoms with van der Waals surface area (Å²) in [6.07, 6.45) is 0.732. The second-order valence-corrected chi connectivity index (χ2v) is 6.13. The minimum absolute atomic E-state index is 0.291. The van der Waals surface area contributed by atoms with Crippen molar-refractivity contribution < 1.29 is 17.9 Å². The van der Waals surface area contributed by atoms with E-state index in [1.54, 1.807) is 6.07 Å². The lowest BCUT2D eigenvalue weighted by atomic mass is 10.2. The topological polar surface area (TPSA) is 96.3 Å². The molecule has 1 N–H and O–H groups in total. The fourth-order valence-electron chi connectivity index (χ4n) is 1.27. The molecular formula is C13H16N2O4S. The summed E-state index contributed by atoms with van der Waals surface area (Å²) in [6, 6.07) is 7.48. The highest BCUT2D eigenvalue weighted by molar-refractivity contribution is 7.93. The van der Waals surface area contributed by atoms with E-state index in [0.717, 1.165) is 6.42 Å². The van der Waals surface area contributed by atoms with E-state index < -0.39 is 21.2 Å². The lowest BCUT2D eigenvalue weighted by Gasteiger charge is -2.09. The van der Waals surface area contributed by atoms with Gasteiger partial charge in [-0.25, -0.2) is 13.2 Å². The first-order chi connectivity index (χ1) is 9.40. The molecule has 6 nitrogen and oxygen atoms in total. The van der Waals surface area contributed by atoms with Crippen LogP contribution < -0.4 is 4.72 Å². The number of hydrogen-bond acceptors (Lipinski definition) is 5. The highest BCUT2D eigenvalue weighted by Crippen LogP contribution is 2.14. The number of carbonyl (C=O) groups is 1. The molecule has 0 fully saturated rings. The van der Waals surface area contributed by atoms with Crippen molar-refractivity contribution in [1.29, 1.82) is 5.26 Å². The number of benzene rings is 1. The zero-order valence-electron chi connectivity index (χ0n) is 11.3. The van der Waals surface area contributed by atoms with Gasteiger partial charge in [-0.2, -0.15) is 5.26 Å². The molecule has 0 aliphatic heterocycles. The molecule has 0 radical (unpaired) electrons. The quantitative estimate of drug-likeness (QED) is 0.809. The average molecular weight is 296 g/mol. The van der Waals surface area contributed by atoms with Gasteiger partial charge in [-0.3, -0.25) is 4.72 Å². The lowest BCUT2D eigenvalue weighted by Crippen LogP contribution is -2.23. The number of sulfonamides is 1. The van der Waals surface area contributed by atoms with Crippen LogP contribution >= 0.6 is 0 Å². The van der Waals surface area contributed by atoms with E-state index >= 15 is 0 Å². The number of esters is 1. The summed E-state index contributed by atoms with van der Waals surface area (Å²) in [6.45, 7) is 3.52. The first-order valence-corrected chi connectivity index (χ1v) is 7.63. The van der Waals surface area contributed by atoms with Crippen molar-refractivity contribution >= 4 is 21.7 Å². The minimum atomic E-state index is -3.74. The Hall–Kier alpha value is -2.07. The van der Waals surface area contributed by atoms with Crippen LogP contribution in [0.3, 0.4) is 0 Å². The molecule has 0 aromatic heterocycles. The third-order valence-corrected chi connectivity index (χ3v) is 4.02. The van der Waals surface area contributed by atoms with Crippen molar-refractivity contribution in [1.82, 2.24) is 0 Å². The Bertz CT molecular complexity index is 602. The highest BCUT2D eigenvalue weighted by atomic mass is 32.2. The van der Waals surface area contributed by atoms with Gasteiger partial charge < -0.3 is 4.74 Å². The highest BCUT2D eigenvalue weighted by Gasteiger charge is 2.20. The summed E-state index contributed by atoms with van der Waals surface area (Å²) in [4.78, 5) is 11.6. The van der Waals surface area contributed by atoms with Gasteiger partial charge in [-0.05, 0) is 37.6 Å². The van der Waals surface area contributed by atoms with Crippen molar-refractivity contribution in [3.8, 4) is 6.07 Å². The maximum absolute atomic E-state index is 11.7. The molecule has 0 saturated heterocycles. The first-order valence-electron chi connectivity index (χ1n) is 6.09. The Balaban J connectivity index is 2.78. The molecule has 1 aromatic rings. The van der Waals surface area contributed by atoms with Crippen LogP contribution in [0.1, 0.15) is 30.6 Å². The van der Waals surface area contributed by atoms with Gasteiger partial charge in [0.05, 0.1) is 18.2 Å². The molecule has 20 heavy (non-hydrogen) atoms. The van der Waals surface area contributed by atoms with Gasteiger partial charge in [-0.1, -0.05) is 6.92 Å². The number of anilines is 1. The van der Waals surface area contributed by atoms with Crippen LogP contribution in [0.2, 0.25) is 0 Å². The van der Waals surface area contributed by atoms with Crippen molar-refractivity contribution in [2.24, 2.45) is 0 Å². The molecule has 0 saturated carbocycles. The second-order valence-electron chi connectivity index (χ2n) is 4.13. The standard InChI is InChI=1S/C13H16N2O4S/c1-3-8-19-13(16)11-4-6-12(7-5-11)15-20(17,18)10(2)9-14/h4-7,10,15H,3,8H2,1-2H3. The van der Waals surface area contributed by atoms with Gasteiger partial charge in [0, 0.05) is 5.69 Å². The Morgan fingerprint density at radius 3 is 2.50 bits per heavy atom. The number of nitriles is 1. The SMILES string of the molecule is CCCOC(=O)c1ccc(NS(=O)(=O)C(C)C#N)cc1. The number of rotatable bonds is 6. The molecule has 108 valence electrons. The molecule has 1 aromatic carbocycles. The predicted octanol–water partition coefficient (Wildman–Crippen LogP) is 1.91. The largest absolute Gasteiger partial charge is 0.462 e. The molecular weight excluding hydrogens is 280 g/mol. The van der Waals surface area contributed by atoms with Gasteiger partial charge in [0.2, 0.25) is 10.0 Å². The van der Waals surface area contributed by atoms with E-state index in [1.807, 2.05) is 6.92 Å². The average Bonchev–Trinajstić information content (AvgIpc) is 2.44. The molecule has 0 heterocycles. The summed E-state index contributed by atoms with van der Waals surface area (Å²) in [7, 11) is -3.74. The summed E-state index contributed by atoms with van der Waals surface area (Å²) in [5.74, 6) is -0.452. The van der Waals surface area contributed by atoms with Gasteiger partial charge >= 0.3 is 5.97 Å². The smallest absolute Gasteiger partial charge is 0.338 e. The third-order valence-electron chi connectivity index (χ3n) is 2.47. The zero-order chi connectivity index (χ0) is 15.2. The normalized spacial score (nSPS) is 12.2. The first kappa shape index (κ1) is 16.0. The maximum atomic E-state index is 11.7. The van der Waals surface area contributed by atoms with E-state index in [-0.39, 0.29) is 0 Å². The molecule has 0 amide bonds. The molecule has 1 atom stereocenters. The van der Waals surface area contributed by atoms with Gasteiger partial charge in [-0.15, -0.1) is 0 Å². The Morgan fingerprint density at radius 1 is 1.40 bits per heavy atom. The number of carbonyl (C=O) groups excluding carboxylic acids is 1. The van der Waals surface area contributed by atoms with Crippen LogP contribution in [0, 0.1) is 11.3 Å². The number of hydrogen-bond donors (Lipinski definition) is 1. The summed E-state index contributed by atoms with van der Waals surface area (Å²) in [5, 5.41) is 7.46. The van der Waals surface area contributed by atoms with E-state index in [9.17, 15) is 13.2 Å². The molecule has 1 rings (SSSR count). The van der Waals surface area contributed by atoms with Crippen molar-refractivity contribution in [2.45, 2.75) is 25.5 Å². The number of nitrogens with zero attached hydrogens (tertiary/aromatic N) is 1. The lowest BCUT2D eigenvalue weighted by molar-refractivity contribution is 0.0505. The Kier molecular flexibility index (Phi) is 5.53. The van der Waals surface area contributed by atoms with Crippen molar-refractivity contribution in [3.63, 3.8) is 0 Å². The van der Waals surface area contributed by atoms with Crippen LogP contribution in [0.4, 0.5) is 5.69 Å². The van der Waals surface area contributed by atoms with Gasteiger partial charge in [0.25, 0.3) is 0 Å². The summed E-state index contributed by atoms with van der Waals surface area (Å²) in [5.41, 5.74) is 0.633. The molecule has 1 unspecified atom stereocenters. The Labute approximate surface area is 118 Å². The van der Waals surface area contributed by atoms with E-state index in [4.69, 9.17) is 10.00 Å². The molecule has 7 heteroatoms. The number of ether oxygens (including phenoxy) is 1. The third kappa shape index (κ3) is 4.24. The monoisotopic (exact) mass is 296 g/mol. The molecule has 0 aliphatic rings. The zero-order valence-corrected chi connectivity index (χ0v) is 12.1. The Morgan fingerprint density at radius 2 is 2.00 bits per heavy atom. The minimum Gasteiger partial charge on any atom is -0.462 e. The van der Waals surface area contributed by atoms with Crippen LogP contribution in [0.15, 0.2) is 24.3 Å². The molecule has 0 bridgehead atoms. The summed E-state index contributed by atoms with van der Waals surface area (Å²) < 4.78 is 30.6. The van der Waals surface area contributed by atoms with E-state index in [1.165, 1.54) is 31.2 Å². The van der Waals surface area contributed by atoms with Gasteiger partial charge in [0.15, 0.2) is 5.25 Å². The fraction of sp³-hybridized carbons (Fsp3) is 0.385. The number of nitrogens with one attached hydrogen (secondary N) is 1. The van der Waals surface area contributed by atoms with Crippen molar-refractivity contribution in [2.75, 3.05) is 11.3 Å².